The van der Waals surface area contributed by atoms with Crippen LogP contribution in [0.1, 0.15) is 10.4 Å². The number of carbonyl (C=O) groups is 1. The summed E-state index contributed by atoms with van der Waals surface area (Å²) in [6, 6.07) is 15.9. The number of rotatable bonds is 5. The molecule has 2 heterocycles. The monoisotopic (exact) mass is 413 g/mol. The van der Waals surface area contributed by atoms with Crippen LogP contribution in [0.3, 0.4) is 0 Å². The lowest BCUT2D eigenvalue weighted by Crippen LogP contribution is -2.14. The molecular weight excluding hydrogens is 398 g/mol. The molecule has 2 aromatic carbocycles. The molecule has 28 heavy (non-hydrogen) atoms. The van der Waals surface area contributed by atoms with Gasteiger partial charge in [0.1, 0.15) is 0 Å². The SMILES string of the molecule is CS(=O)(=O)Nc1ccc(C(=O)Nc2nc3scc(-c4ccccc4)n3n2)cc1. The van der Waals surface area contributed by atoms with E-state index in [2.05, 4.69) is 20.1 Å². The van der Waals surface area contributed by atoms with Crippen molar-refractivity contribution in [1.29, 1.82) is 0 Å². The molecule has 0 saturated carbocycles. The van der Waals surface area contributed by atoms with Gasteiger partial charge in [0.2, 0.25) is 15.0 Å². The minimum Gasteiger partial charge on any atom is -0.289 e. The molecule has 142 valence electrons. The average Bonchev–Trinajstić information content (AvgIpc) is 3.21. The van der Waals surface area contributed by atoms with Crippen molar-refractivity contribution in [1.82, 2.24) is 14.6 Å². The molecule has 2 aromatic heterocycles. The molecule has 1 amide bonds. The van der Waals surface area contributed by atoms with E-state index in [-0.39, 0.29) is 11.9 Å². The van der Waals surface area contributed by atoms with E-state index in [9.17, 15) is 13.2 Å². The zero-order chi connectivity index (χ0) is 19.7. The van der Waals surface area contributed by atoms with E-state index in [1.54, 1.807) is 4.52 Å². The number of nitrogens with one attached hydrogen (secondary N) is 2. The summed E-state index contributed by atoms with van der Waals surface area (Å²) in [5.41, 5.74) is 2.64. The zero-order valence-electron chi connectivity index (χ0n) is 14.7. The van der Waals surface area contributed by atoms with Crippen molar-refractivity contribution in [3.8, 4) is 11.3 Å². The van der Waals surface area contributed by atoms with E-state index in [0.717, 1.165) is 17.5 Å². The van der Waals surface area contributed by atoms with E-state index in [1.807, 2.05) is 35.7 Å². The van der Waals surface area contributed by atoms with Crippen LogP contribution in [0.15, 0.2) is 60.0 Å². The average molecular weight is 413 g/mol. The third kappa shape index (κ3) is 3.87. The van der Waals surface area contributed by atoms with Gasteiger partial charge in [0.25, 0.3) is 11.9 Å². The molecule has 10 heteroatoms. The van der Waals surface area contributed by atoms with Gasteiger partial charge in [-0.1, -0.05) is 30.3 Å². The number of anilines is 2. The predicted molar refractivity (Wildman–Crippen MR) is 109 cm³/mol. The van der Waals surface area contributed by atoms with Crippen LogP contribution in [0, 0.1) is 0 Å². The minimum absolute atomic E-state index is 0.201. The van der Waals surface area contributed by atoms with Crippen molar-refractivity contribution in [2.75, 3.05) is 16.3 Å². The standard InChI is InChI=1S/C18H15N5O3S2/c1-28(25,26)22-14-9-7-13(8-10-14)16(24)19-17-20-18-23(21-17)15(11-27-18)12-5-3-2-4-6-12/h2-11,22H,1H3,(H,19,21,24). The summed E-state index contributed by atoms with van der Waals surface area (Å²) in [7, 11) is -3.37. The number of fused-ring (bicyclic) bond motifs is 1. The minimum atomic E-state index is -3.37. The van der Waals surface area contributed by atoms with Crippen molar-refractivity contribution in [2.45, 2.75) is 0 Å². The second-order valence-electron chi connectivity index (χ2n) is 6.02. The van der Waals surface area contributed by atoms with Gasteiger partial charge in [-0.3, -0.25) is 14.8 Å². The van der Waals surface area contributed by atoms with Crippen LogP contribution in [0.2, 0.25) is 0 Å². The van der Waals surface area contributed by atoms with Crippen molar-refractivity contribution >= 4 is 43.9 Å². The van der Waals surface area contributed by atoms with Crippen molar-refractivity contribution < 1.29 is 13.2 Å². The molecule has 4 aromatic rings. The maximum absolute atomic E-state index is 12.4. The number of hydrogen-bond donors (Lipinski definition) is 2. The number of thiazole rings is 1. The molecule has 4 rings (SSSR count). The summed E-state index contributed by atoms with van der Waals surface area (Å²) in [6.45, 7) is 0. The van der Waals surface area contributed by atoms with Crippen molar-refractivity contribution in [2.24, 2.45) is 0 Å². The van der Waals surface area contributed by atoms with Crippen molar-refractivity contribution in [3.63, 3.8) is 0 Å². The molecule has 0 aliphatic carbocycles. The Labute approximate surface area is 164 Å². The first kappa shape index (κ1) is 18.1. The zero-order valence-corrected chi connectivity index (χ0v) is 16.3. The van der Waals surface area contributed by atoms with Gasteiger partial charge in [0, 0.05) is 22.2 Å². The largest absolute Gasteiger partial charge is 0.289 e. The Morgan fingerprint density at radius 1 is 1.07 bits per heavy atom. The molecular formula is C18H15N5O3S2. The lowest BCUT2D eigenvalue weighted by atomic mass is 10.2. The fraction of sp³-hybridized carbons (Fsp3) is 0.0556. The van der Waals surface area contributed by atoms with Crippen LogP contribution < -0.4 is 10.0 Å². The van der Waals surface area contributed by atoms with Crippen LogP contribution in [0.25, 0.3) is 16.2 Å². The van der Waals surface area contributed by atoms with Crippen LogP contribution in [-0.4, -0.2) is 35.2 Å². The van der Waals surface area contributed by atoms with E-state index < -0.39 is 10.0 Å². The Kier molecular flexibility index (Phi) is 4.57. The molecule has 0 aliphatic heterocycles. The van der Waals surface area contributed by atoms with E-state index >= 15 is 0 Å². The van der Waals surface area contributed by atoms with Gasteiger partial charge in [0.15, 0.2) is 0 Å². The Balaban J connectivity index is 1.53. The first-order valence-electron chi connectivity index (χ1n) is 8.18. The Hall–Kier alpha value is -3.24. The van der Waals surface area contributed by atoms with Gasteiger partial charge in [0.05, 0.1) is 11.9 Å². The van der Waals surface area contributed by atoms with Gasteiger partial charge in [-0.15, -0.1) is 16.4 Å². The maximum atomic E-state index is 12.4. The first-order valence-corrected chi connectivity index (χ1v) is 10.9. The first-order chi connectivity index (χ1) is 13.4. The molecule has 0 saturated heterocycles. The second kappa shape index (κ2) is 7.06. The highest BCUT2D eigenvalue weighted by Crippen LogP contribution is 2.25. The van der Waals surface area contributed by atoms with Crippen LogP contribution >= 0.6 is 11.3 Å². The van der Waals surface area contributed by atoms with Gasteiger partial charge in [-0.05, 0) is 24.3 Å². The number of amides is 1. The van der Waals surface area contributed by atoms with Gasteiger partial charge in [-0.25, -0.2) is 12.9 Å². The third-order valence-corrected chi connectivity index (χ3v) is 5.25. The number of hydrogen-bond acceptors (Lipinski definition) is 6. The molecule has 0 bridgehead atoms. The number of carbonyl (C=O) groups excluding carboxylic acids is 1. The van der Waals surface area contributed by atoms with Crippen molar-refractivity contribution in [3.05, 3.63) is 65.5 Å². The highest BCUT2D eigenvalue weighted by atomic mass is 32.2. The molecule has 0 unspecified atom stereocenters. The maximum Gasteiger partial charge on any atom is 0.258 e. The smallest absolute Gasteiger partial charge is 0.258 e. The highest BCUT2D eigenvalue weighted by Gasteiger charge is 2.14. The highest BCUT2D eigenvalue weighted by molar-refractivity contribution is 7.92. The van der Waals surface area contributed by atoms with Gasteiger partial charge >= 0.3 is 0 Å². The molecule has 0 spiro atoms. The molecule has 8 nitrogen and oxygen atoms in total. The quantitative estimate of drug-likeness (QED) is 0.523. The lowest BCUT2D eigenvalue weighted by molar-refractivity contribution is 0.102. The normalized spacial score (nSPS) is 11.5. The number of aromatic nitrogens is 3. The molecule has 2 N–H and O–H groups in total. The fourth-order valence-corrected chi connectivity index (χ4v) is 4.01. The van der Waals surface area contributed by atoms with Gasteiger partial charge in [-0.2, -0.15) is 4.98 Å². The van der Waals surface area contributed by atoms with Crippen LogP contribution in [-0.2, 0) is 10.0 Å². The van der Waals surface area contributed by atoms with Gasteiger partial charge < -0.3 is 0 Å². The number of sulfonamides is 1. The predicted octanol–water partition coefficient (Wildman–Crippen LogP) is 3.08. The molecule has 0 fully saturated rings. The summed E-state index contributed by atoms with van der Waals surface area (Å²) in [6.07, 6.45) is 1.06. The summed E-state index contributed by atoms with van der Waals surface area (Å²) >= 11 is 1.43. The Bertz CT molecular complexity index is 1250. The molecule has 0 radical (unpaired) electrons. The lowest BCUT2D eigenvalue weighted by Gasteiger charge is -2.05. The van der Waals surface area contributed by atoms with E-state index in [0.29, 0.717) is 16.2 Å². The summed E-state index contributed by atoms with van der Waals surface area (Å²) in [5, 5.41) is 9.00. The Morgan fingerprint density at radius 2 is 1.79 bits per heavy atom. The van der Waals surface area contributed by atoms with Crippen LogP contribution in [0.5, 0.6) is 0 Å². The molecule has 0 aliphatic rings. The fourth-order valence-electron chi connectivity index (χ4n) is 2.62. The number of benzene rings is 2. The van der Waals surface area contributed by atoms with E-state index in [1.165, 1.54) is 35.6 Å². The molecule has 0 atom stereocenters. The Morgan fingerprint density at radius 3 is 2.46 bits per heavy atom. The second-order valence-corrected chi connectivity index (χ2v) is 8.61. The summed E-state index contributed by atoms with van der Waals surface area (Å²) in [4.78, 5) is 17.4. The van der Waals surface area contributed by atoms with E-state index in [4.69, 9.17) is 0 Å². The third-order valence-electron chi connectivity index (χ3n) is 3.83. The summed E-state index contributed by atoms with van der Waals surface area (Å²) in [5.74, 6) is -0.183. The number of nitrogens with zero attached hydrogens (tertiary/aromatic N) is 3. The topological polar surface area (TPSA) is 105 Å². The van der Waals surface area contributed by atoms with Crippen LogP contribution in [0.4, 0.5) is 11.6 Å². The summed E-state index contributed by atoms with van der Waals surface area (Å²) < 4.78 is 26.5.